The third kappa shape index (κ3) is 2.87. The van der Waals surface area contributed by atoms with E-state index in [1.165, 1.54) is 15.6 Å². The Labute approximate surface area is 109 Å². The second-order valence-electron chi connectivity index (χ2n) is 4.05. The summed E-state index contributed by atoms with van der Waals surface area (Å²) in [5, 5.41) is 3.93. The lowest BCUT2D eigenvalue weighted by Crippen LogP contribution is -2.44. The van der Waals surface area contributed by atoms with E-state index in [2.05, 4.69) is 55.1 Å². The summed E-state index contributed by atoms with van der Waals surface area (Å²) in [5.74, 6) is 0.542. The minimum Gasteiger partial charge on any atom is -0.122 e. The third-order valence-electron chi connectivity index (χ3n) is 2.85. The van der Waals surface area contributed by atoms with Gasteiger partial charge in [0.25, 0.3) is 0 Å². The Morgan fingerprint density at radius 2 is 1.29 bits per heavy atom. The number of alkyl halides is 1. The molecule has 0 amide bonds. The lowest BCUT2D eigenvalue weighted by molar-refractivity contribution is 1.64. The molecular formula is C15H15ClSi. The standard InChI is InChI=1S/C15H15ClSi/c1-13(12-16)17(14-8-4-2-5-9-14)15-10-6-3-7-11-15/h2-11,17H,1,12H2. The van der Waals surface area contributed by atoms with E-state index in [0.29, 0.717) is 5.88 Å². The van der Waals surface area contributed by atoms with Gasteiger partial charge in [-0.05, 0) is 0 Å². The third-order valence-corrected chi connectivity index (χ3v) is 6.57. The van der Waals surface area contributed by atoms with Crippen molar-refractivity contribution in [2.24, 2.45) is 0 Å². The van der Waals surface area contributed by atoms with Gasteiger partial charge < -0.3 is 0 Å². The van der Waals surface area contributed by atoms with Crippen LogP contribution >= 0.6 is 11.6 Å². The summed E-state index contributed by atoms with van der Waals surface area (Å²) in [7, 11) is -1.37. The highest BCUT2D eigenvalue weighted by atomic mass is 35.5. The second kappa shape index (κ2) is 5.85. The molecule has 0 aliphatic carbocycles. The number of benzene rings is 2. The second-order valence-corrected chi connectivity index (χ2v) is 7.33. The van der Waals surface area contributed by atoms with Gasteiger partial charge in [-0.1, -0.05) is 76.2 Å². The first-order valence-corrected chi connectivity index (χ1v) is 7.93. The first-order chi connectivity index (χ1) is 8.33. The van der Waals surface area contributed by atoms with Gasteiger partial charge in [0.15, 0.2) is 0 Å². The predicted molar refractivity (Wildman–Crippen MR) is 79.2 cm³/mol. The lowest BCUT2D eigenvalue weighted by Gasteiger charge is -2.17. The van der Waals surface area contributed by atoms with E-state index >= 15 is 0 Å². The summed E-state index contributed by atoms with van der Waals surface area (Å²) in [6, 6.07) is 21.2. The van der Waals surface area contributed by atoms with Crippen molar-refractivity contribution >= 4 is 30.8 Å². The van der Waals surface area contributed by atoms with E-state index in [1.807, 2.05) is 12.1 Å². The average Bonchev–Trinajstić information content (AvgIpc) is 2.41. The van der Waals surface area contributed by atoms with Crippen LogP contribution < -0.4 is 10.4 Å². The monoisotopic (exact) mass is 258 g/mol. The number of hydrogen-bond donors (Lipinski definition) is 0. The van der Waals surface area contributed by atoms with E-state index in [4.69, 9.17) is 11.6 Å². The molecule has 17 heavy (non-hydrogen) atoms. The molecule has 0 spiro atoms. The minimum atomic E-state index is -1.37. The largest absolute Gasteiger partial charge is 0.129 e. The molecule has 0 aliphatic heterocycles. The summed E-state index contributed by atoms with van der Waals surface area (Å²) in [6.07, 6.45) is 0. The number of allylic oxidation sites excluding steroid dienone is 1. The van der Waals surface area contributed by atoms with Crippen molar-refractivity contribution in [2.75, 3.05) is 5.88 Å². The van der Waals surface area contributed by atoms with Crippen LogP contribution in [-0.2, 0) is 0 Å². The summed E-state index contributed by atoms with van der Waals surface area (Å²) in [6.45, 7) is 4.16. The van der Waals surface area contributed by atoms with Crippen LogP contribution in [0.2, 0.25) is 0 Å². The first-order valence-electron chi connectivity index (χ1n) is 5.66. The van der Waals surface area contributed by atoms with Gasteiger partial charge in [0.2, 0.25) is 0 Å². The quantitative estimate of drug-likeness (QED) is 0.584. The zero-order valence-corrected chi connectivity index (χ0v) is 11.6. The van der Waals surface area contributed by atoms with Gasteiger partial charge in [-0.3, -0.25) is 0 Å². The van der Waals surface area contributed by atoms with Crippen molar-refractivity contribution in [3.05, 3.63) is 72.4 Å². The summed E-state index contributed by atoms with van der Waals surface area (Å²) in [4.78, 5) is 0. The maximum Gasteiger partial charge on any atom is 0.129 e. The van der Waals surface area contributed by atoms with Crippen molar-refractivity contribution in [1.29, 1.82) is 0 Å². The Kier molecular flexibility index (Phi) is 4.18. The highest BCUT2D eigenvalue weighted by Crippen LogP contribution is 2.03. The van der Waals surface area contributed by atoms with Crippen LogP contribution in [0.3, 0.4) is 0 Å². The van der Waals surface area contributed by atoms with Crippen molar-refractivity contribution < 1.29 is 0 Å². The summed E-state index contributed by atoms with van der Waals surface area (Å²) < 4.78 is 0. The molecular weight excluding hydrogens is 244 g/mol. The molecule has 0 fully saturated rings. The minimum absolute atomic E-state index is 0.542. The molecule has 2 aromatic carbocycles. The number of hydrogen-bond acceptors (Lipinski definition) is 0. The molecule has 0 unspecified atom stereocenters. The number of halogens is 1. The van der Waals surface area contributed by atoms with Gasteiger partial charge >= 0.3 is 0 Å². The molecule has 0 saturated carbocycles. The zero-order chi connectivity index (χ0) is 12.1. The molecule has 0 N–H and O–H groups in total. The van der Waals surface area contributed by atoms with Crippen LogP contribution in [0.5, 0.6) is 0 Å². The van der Waals surface area contributed by atoms with Gasteiger partial charge in [-0.15, -0.1) is 18.2 Å². The van der Waals surface area contributed by atoms with E-state index in [1.54, 1.807) is 0 Å². The van der Waals surface area contributed by atoms with Crippen molar-refractivity contribution in [3.8, 4) is 0 Å². The molecule has 2 aromatic rings. The Morgan fingerprint density at radius 3 is 1.65 bits per heavy atom. The summed E-state index contributed by atoms with van der Waals surface area (Å²) >= 11 is 5.98. The molecule has 0 saturated heterocycles. The van der Waals surface area contributed by atoms with Crippen LogP contribution in [0.25, 0.3) is 0 Å². The highest BCUT2D eigenvalue weighted by molar-refractivity contribution is 6.91. The first kappa shape index (κ1) is 12.2. The molecule has 0 radical (unpaired) electrons. The van der Waals surface area contributed by atoms with E-state index in [0.717, 1.165) is 0 Å². The number of rotatable bonds is 4. The maximum atomic E-state index is 5.98. The topological polar surface area (TPSA) is 0 Å². The Hall–Kier alpha value is -1.31. The van der Waals surface area contributed by atoms with Gasteiger partial charge in [0.1, 0.15) is 8.80 Å². The van der Waals surface area contributed by atoms with Crippen LogP contribution in [-0.4, -0.2) is 14.7 Å². The van der Waals surface area contributed by atoms with Gasteiger partial charge in [0.05, 0.1) is 0 Å². The van der Waals surface area contributed by atoms with Crippen LogP contribution in [0, 0.1) is 0 Å². The molecule has 0 nitrogen and oxygen atoms in total. The van der Waals surface area contributed by atoms with Crippen molar-refractivity contribution in [3.63, 3.8) is 0 Å². The van der Waals surface area contributed by atoms with Gasteiger partial charge in [0, 0.05) is 5.88 Å². The lowest BCUT2D eigenvalue weighted by atomic mass is 10.4. The fourth-order valence-electron chi connectivity index (χ4n) is 2.03. The zero-order valence-electron chi connectivity index (χ0n) is 9.64. The normalized spacial score (nSPS) is 10.5. The molecule has 2 rings (SSSR count). The highest BCUT2D eigenvalue weighted by Gasteiger charge is 2.18. The van der Waals surface area contributed by atoms with Crippen LogP contribution in [0.4, 0.5) is 0 Å². The molecule has 0 aromatic heterocycles. The summed E-state index contributed by atoms with van der Waals surface area (Å²) in [5.41, 5.74) is 0. The Morgan fingerprint density at radius 1 is 0.882 bits per heavy atom. The maximum absolute atomic E-state index is 5.98. The van der Waals surface area contributed by atoms with E-state index in [-0.39, 0.29) is 0 Å². The molecule has 0 atom stereocenters. The Bertz CT molecular complexity index is 439. The fourth-order valence-corrected chi connectivity index (χ4v) is 5.19. The molecule has 0 bridgehead atoms. The van der Waals surface area contributed by atoms with Crippen molar-refractivity contribution in [2.45, 2.75) is 0 Å². The van der Waals surface area contributed by atoms with E-state index < -0.39 is 8.80 Å². The van der Waals surface area contributed by atoms with Gasteiger partial charge in [-0.2, -0.15) is 0 Å². The predicted octanol–water partition coefficient (Wildman–Crippen LogP) is 2.36. The molecule has 2 heteroatoms. The smallest absolute Gasteiger partial charge is 0.122 e. The van der Waals surface area contributed by atoms with Crippen LogP contribution in [0.15, 0.2) is 72.4 Å². The average molecular weight is 259 g/mol. The van der Waals surface area contributed by atoms with Crippen LogP contribution in [0.1, 0.15) is 0 Å². The molecule has 0 aliphatic rings. The van der Waals surface area contributed by atoms with E-state index in [9.17, 15) is 0 Å². The molecule has 86 valence electrons. The SMILES string of the molecule is C=C(CCl)[SiH](c1ccccc1)c1ccccc1. The molecule has 0 heterocycles. The van der Waals surface area contributed by atoms with Crippen molar-refractivity contribution in [1.82, 2.24) is 0 Å². The van der Waals surface area contributed by atoms with Gasteiger partial charge in [-0.25, -0.2) is 0 Å². The Balaban J connectivity index is 2.43. The fraction of sp³-hybridized carbons (Fsp3) is 0.0667.